The van der Waals surface area contributed by atoms with Crippen molar-refractivity contribution in [3.8, 4) is 0 Å². The highest BCUT2D eigenvalue weighted by atomic mass is 16.2. The van der Waals surface area contributed by atoms with E-state index < -0.39 is 0 Å². The predicted octanol–water partition coefficient (Wildman–Crippen LogP) is 3.38. The van der Waals surface area contributed by atoms with Crippen LogP contribution in [0.4, 0.5) is 5.69 Å². The third-order valence-electron chi connectivity index (χ3n) is 3.50. The van der Waals surface area contributed by atoms with Gasteiger partial charge >= 0.3 is 0 Å². The summed E-state index contributed by atoms with van der Waals surface area (Å²) in [5.41, 5.74) is 2.38. The zero-order valence-corrected chi connectivity index (χ0v) is 13.4. The maximum absolute atomic E-state index is 12.8. The van der Waals surface area contributed by atoms with Gasteiger partial charge in [-0.15, -0.1) is 0 Å². The first-order valence-electron chi connectivity index (χ1n) is 7.26. The number of nitrogens with zero attached hydrogens (tertiary/aromatic N) is 3. The van der Waals surface area contributed by atoms with Gasteiger partial charge < -0.3 is 4.90 Å². The molecule has 112 valence electrons. The smallest absolute Gasteiger partial charge is 0.276 e. The first kappa shape index (κ1) is 15.3. The Hall–Kier alpha value is -2.10. The molecule has 0 saturated carbocycles. The second-order valence-electron chi connectivity index (χ2n) is 6.17. The summed E-state index contributed by atoms with van der Waals surface area (Å²) >= 11 is 0. The average molecular weight is 285 g/mol. The largest absolute Gasteiger partial charge is 0.307 e. The van der Waals surface area contributed by atoms with Crippen LogP contribution < -0.4 is 4.90 Å². The summed E-state index contributed by atoms with van der Waals surface area (Å²) in [6.45, 7) is 8.89. The lowest BCUT2D eigenvalue weighted by Crippen LogP contribution is -2.32. The number of aryl methyl sites for hydroxylation is 1. The van der Waals surface area contributed by atoms with Crippen molar-refractivity contribution < 1.29 is 4.79 Å². The molecule has 1 aromatic heterocycles. The Labute approximate surface area is 126 Å². The van der Waals surface area contributed by atoms with Gasteiger partial charge in [0.1, 0.15) is 5.69 Å². The van der Waals surface area contributed by atoms with E-state index in [9.17, 15) is 4.79 Å². The summed E-state index contributed by atoms with van der Waals surface area (Å²) < 4.78 is 1.68. The molecule has 1 heterocycles. The van der Waals surface area contributed by atoms with Gasteiger partial charge in [0.05, 0.1) is 5.69 Å². The van der Waals surface area contributed by atoms with E-state index >= 15 is 0 Å². The zero-order valence-electron chi connectivity index (χ0n) is 13.4. The lowest BCUT2D eigenvalue weighted by Gasteiger charge is -2.20. The highest BCUT2D eigenvalue weighted by Crippen LogP contribution is 2.23. The maximum atomic E-state index is 12.8. The molecule has 0 aliphatic carbocycles. The van der Waals surface area contributed by atoms with Gasteiger partial charge in [0.15, 0.2) is 0 Å². The number of carbonyl (C=O) groups is 1. The molecule has 0 unspecified atom stereocenters. The quantitative estimate of drug-likeness (QED) is 0.867. The van der Waals surface area contributed by atoms with Gasteiger partial charge in [0, 0.05) is 24.7 Å². The molecule has 0 bridgehead atoms. The molecule has 2 aromatic rings. The molecular formula is C17H23N3O. The van der Waals surface area contributed by atoms with Crippen molar-refractivity contribution in [1.82, 2.24) is 9.78 Å². The Morgan fingerprint density at radius 1 is 1.24 bits per heavy atom. The number of hydrogen-bond donors (Lipinski definition) is 0. The van der Waals surface area contributed by atoms with E-state index in [1.807, 2.05) is 50.4 Å². The van der Waals surface area contributed by atoms with E-state index in [0.717, 1.165) is 11.4 Å². The van der Waals surface area contributed by atoms with E-state index in [1.54, 1.807) is 9.58 Å². The average Bonchev–Trinajstić information content (AvgIpc) is 2.83. The first-order valence-corrected chi connectivity index (χ1v) is 7.26. The summed E-state index contributed by atoms with van der Waals surface area (Å²) in [5, 5.41) is 4.48. The van der Waals surface area contributed by atoms with Crippen molar-refractivity contribution in [3.05, 3.63) is 47.8 Å². The van der Waals surface area contributed by atoms with Crippen LogP contribution in [0, 0.1) is 0 Å². The van der Waals surface area contributed by atoms with Crippen LogP contribution in [0.2, 0.25) is 0 Å². The molecule has 21 heavy (non-hydrogen) atoms. The Morgan fingerprint density at radius 2 is 1.86 bits per heavy atom. The molecule has 0 aliphatic heterocycles. The number of hydrogen-bond acceptors (Lipinski definition) is 2. The van der Waals surface area contributed by atoms with Crippen LogP contribution in [-0.2, 0) is 12.5 Å². The van der Waals surface area contributed by atoms with E-state index in [4.69, 9.17) is 0 Å². The lowest BCUT2D eigenvalue weighted by atomic mass is 9.92. The molecule has 4 heteroatoms. The monoisotopic (exact) mass is 285 g/mol. The maximum Gasteiger partial charge on any atom is 0.276 e. The second-order valence-corrected chi connectivity index (χ2v) is 6.17. The van der Waals surface area contributed by atoms with E-state index in [0.29, 0.717) is 12.2 Å². The van der Waals surface area contributed by atoms with Crippen LogP contribution in [0.1, 0.15) is 43.9 Å². The van der Waals surface area contributed by atoms with Crippen molar-refractivity contribution in [2.24, 2.45) is 7.05 Å². The molecule has 0 spiro atoms. The number of carbonyl (C=O) groups excluding carboxylic acids is 1. The Balaban J connectivity index is 2.37. The minimum absolute atomic E-state index is 0.0193. The zero-order chi connectivity index (χ0) is 15.6. The van der Waals surface area contributed by atoms with Crippen molar-refractivity contribution >= 4 is 11.6 Å². The minimum atomic E-state index is -0.0694. The fraction of sp³-hybridized carbons (Fsp3) is 0.412. The molecule has 1 aromatic carbocycles. The second kappa shape index (κ2) is 5.72. The number of benzene rings is 1. The van der Waals surface area contributed by atoms with Gasteiger partial charge in [-0.2, -0.15) is 5.10 Å². The Kier molecular flexibility index (Phi) is 4.16. The summed E-state index contributed by atoms with van der Waals surface area (Å²) in [6.07, 6.45) is 0. The van der Waals surface area contributed by atoms with Gasteiger partial charge in [0.25, 0.3) is 5.91 Å². The molecule has 0 saturated heterocycles. The van der Waals surface area contributed by atoms with Crippen LogP contribution in [0.25, 0.3) is 0 Å². The Morgan fingerprint density at radius 3 is 2.33 bits per heavy atom. The van der Waals surface area contributed by atoms with E-state index in [2.05, 4.69) is 25.9 Å². The number of para-hydroxylation sites is 1. The molecular weight excluding hydrogens is 262 g/mol. The summed E-state index contributed by atoms with van der Waals surface area (Å²) in [6, 6.07) is 11.6. The lowest BCUT2D eigenvalue weighted by molar-refractivity contribution is 0.0979. The van der Waals surface area contributed by atoms with Gasteiger partial charge in [-0.05, 0) is 25.1 Å². The standard InChI is InChI=1S/C17H23N3O/c1-6-20(13-10-8-7-9-11-13)16(21)14-12-15(17(2,3)4)18-19(14)5/h7-12H,6H2,1-5H3. The third-order valence-corrected chi connectivity index (χ3v) is 3.50. The van der Waals surface area contributed by atoms with Gasteiger partial charge in [-0.25, -0.2) is 0 Å². The minimum Gasteiger partial charge on any atom is -0.307 e. The number of amides is 1. The van der Waals surface area contributed by atoms with Crippen LogP contribution in [0.15, 0.2) is 36.4 Å². The number of anilines is 1. The van der Waals surface area contributed by atoms with Crippen molar-refractivity contribution in [1.29, 1.82) is 0 Å². The van der Waals surface area contributed by atoms with Crippen molar-refractivity contribution in [3.63, 3.8) is 0 Å². The fourth-order valence-electron chi connectivity index (χ4n) is 2.22. The molecule has 1 amide bonds. The molecule has 0 aliphatic rings. The SMILES string of the molecule is CCN(C(=O)c1cc(C(C)(C)C)nn1C)c1ccccc1. The van der Waals surface area contributed by atoms with Crippen LogP contribution in [0.3, 0.4) is 0 Å². The van der Waals surface area contributed by atoms with Crippen LogP contribution in [0.5, 0.6) is 0 Å². The molecule has 2 rings (SSSR count). The molecule has 0 N–H and O–H groups in total. The predicted molar refractivity (Wildman–Crippen MR) is 85.7 cm³/mol. The fourth-order valence-corrected chi connectivity index (χ4v) is 2.22. The summed E-state index contributed by atoms with van der Waals surface area (Å²) in [7, 11) is 1.82. The van der Waals surface area contributed by atoms with Gasteiger partial charge in [0.2, 0.25) is 0 Å². The van der Waals surface area contributed by atoms with Gasteiger partial charge in [-0.1, -0.05) is 39.0 Å². The van der Waals surface area contributed by atoms with Crippen molar-refractivity contribution in [2.45, 2.75) is 33.1 Å². The highest BCUT2D eigenvalue weighted by Gasteiger charge is 2.24. The third kappa shape index (κ3) is 3.15. The summed E-state index contributed by atoms with van der Waals surface area (Å²) in [5.74, 6) is -0.0193. The topological polar surface area (TPSA) is 38.1 Å². The van der Waals surface area contributed by atoms with Crippen LogP contribution >= 0.6 is 0 Å². The molecule has 0 radical (unpaired) electrons. The molecule has 4 nitrogen and oxygen atoms in total. The van der Waals surface area contributed by atoms with Gasteiger partial charge in [-0.3, -0.25) is 9.48 Å². The normalized spacial score (nSPS) is 11.5. The van der Waals surface area contributed by atoms with E-state index in [-0.39, 0.29) is 11.3 Å². The van der Waals surface area contributed by atoms with Crippen molar-refractivity contribution in [2.75, 3.05) is 11.4 Å². The molecule has 0 fully saturated rings. The van der Waals surface area contributed by atoms with Crippen LogP contribution in [-0.4, -0.2) is 22.2 Å². The first-order chi connectivity index (χ1) is 9.84. The van der Waals surface area contributed by atoms with E-state index in [1.165, 1.54) is 0 Å². The highest BCUT2D eigenvalue weighted by molar-refractivity contribution is 6.05. The Bertz CT molecular complexity index is 623. The summed E-state index contributed by atoms with van der Waals surface area (Å²) in [4.78, 5) is 14.6. The molecule has 0 atom stereocenters. The number of rotatable bonds is 3. The number of aromatic nitrogens is 2.